The van der Waals surface area contributed by atoms with Crippen LogP contribution in [0.4, 0.5) is 0 Å². The lowest BCUT2D eigenvalue weighted by atomic mass is 10.5. The minimum atomic E-state index is -0.537. The topological polar surface area (TPSA) is 52.6 Å². The summed E-state index contributed by atoms with van der Waals surface area (Å²) in [6.45, 7) is 9.23. The Labute approximate surface area is 90.6 Å². The van der Waals surface area contributed by atoms with Gasteiger partial charge in [0.25, 0.3) is 0 Å². The van der Waals surface area contributed by atoms with E-state index in [-0.39, 0.29) is 0 Å². The number of rotatable bonds is 4. The first-order valence-corrected chi connectivity index (χ1v) is 4.70. The van der Waals surface area contributed by atoms with E-state index in [0.29, 0.717) is 13.2 Å². The maximum atomic E-state index is 10.6. The quantitative estimate of drug-likeness (QED) is 0.407. The highest BCUT2D eigenvalue weighted by Crippen LogP contribution is 1.84. The van der Waals surface area contributed by atoms with Gasteiger partial charge in [0.05, 0.1) is 13.2 Å². The molecule has 0 aliphatic carbocycles. The van der Waals surface area contributed by atoms with Gasteiger partial charge in [-0.3, -0.25) is 0 Å². The summed E-state index contributed by atoms with van der Waals surface area (Å²) in [5, 5.41) is 0. The van der Waals surface area contributed by atoms with Crippen molar-refractivity contribution >= 4 is 11.9 Å². The highest BCUT2D eigenvalue weighted by atomic mass is 16.5. The first kappa shape index (κ1) is 15.9. The van der Waals surface area contributed by atoms with Crippen molar-refractivity contribution < 1.29 is 19.1 Å². The summed E-state index contributed by atoms with van der Waals surface area (Å²) in [5.74, 6) is -1.07. The summed E-state index contributed by atoms with van der Waals surface area (Å²) in [7, 11) is 0. The van der Waals surface area contributed by atoms with Crippen LogP contribution in [0.1, 0.15) is 20.8 Å². The van der Waals surface area contributed by atoms with Crippen molar-refractivity contribution in [2.75, 3.05) is 13.2 Å². The van der Waals surface area contributed by atoms with Crippen molar-refractivity contribution in [2.24, 2.45) is 0 Å². The van der Waals surface area contributed by atoms with E-state index in [4.69, 9.17) is 0 Å². The zero-order valence-corrected chi connectivity index (χ0v) is 9.49. The van der Waals surface area contributed by atoms with Crippen molar-refractivity contribution in [2.45, 2.75) is 20.8 Å². The molecule has 0 saturated heterocycles. The summed E-state index contributed by atoms with van der Waals surface area (Å²) in [5.41, 5.74) is 0. The van der Waals surface area contributed by atoms with Crippen LogP contribution in [0.3, 0.4) is 0 Å². The Morgan fingerprint density at radius 3 is 1.53 bits per heavy atom. The van der Waals surface area contributed by atoms with E-state index in [1.54, 1.807) is 19.9 Å². The molecule has 0 unspecified atom stereocenters. The number of carbonyl (C=O) groups excluding carboxylic acids is 2. The Bertz CT molecular complexity index is 199. The Kier molecular flexibility index (Phi) is 13.1. The smallest absolute Gasteiger partial charge is 0.330 e. The average Bonchev–Trinajstić information content (AvgIpc) is 2.17. The second-order valence-electron chi connectivity index (χ2n) is 2.25. The van der Waals surface area contributed by atoms with Gasteiger partial charge in [0.1, 0.15) is 0 Å². The van der Waals surface area contributed by atoms with Crippen LogP contribution in [0.5, 0.6) is 0 Å². The number of allylic oxidation sites excluding steroid dienone is 1. The second-order valence-corrected chi connectivity index (χ2v) is 2.25. The Hall–Kier alpha value is -1.58. The van der Waals surface area contributed by atoms with Crippen molar-refractivity contribution in [1.82, 2.24) is 0 Å². The maximum absolute atomic E-state index is 10.6. The molecule has 15 heavy (non-hydrogen) atoms. The molecule has 0 amide bonds. The van der Waals surface area contributed by atoms with E-state index in [9.17, 15) is 9.59 Å². The summed E-state index contributed by atoms with van der Waals surface area (Å²) >= 11 is 0. The van der Waals surface area contributed by atoms with Gasteiger partial charge >= 0.3 is 11.9 Å². The van der Waals surface area contributed by atoms with Crippen LogP contribution in [-0.2, 0) is 19.1 Å². The maximum Gasteiger partial charge on any atom is 0.330 e. The molecule has 0 spiro atoms. The van der Waals surface area contributed by atoms with Crippen molar-refractivity contribution in [3.8, 4) is 0 Å². The molecule has 0 aromatic carbocycles. The lowest BCUT2D eigenvalue weighted by molar-refractivity contribution is -0.140. The summed E-state index contributed by atoms with van der Waals surface area (Å²) in [4.78, 5) is 21.3. The van der Waals surface area contributed by atoms with Gasteiger partial charge in [-0.05, 0) is 20.8 Å². The minimum Gasteiger partial charge on any atom is -0.463 e. The fourth-order valence-corrected chi connectivity index (χ4v) is 0.517. The van der Waals surface area contributed by atoms with E-state index in [1.165, 1.54) is 0 Å². The van der Waals surface area contributed by atoms with Crippen LogP contribution in [0.25, 0.3) is 0 Å². The van der Waals surface area contributed by atoms with Gasteiger partial charge in [0.15, 0.2) is 0 Å². The highest BCUT2D eigenvalue weighted by molar-refractivity contribution is 5.91. The van der Waals surface area contributed by atoms with Gasteiger partial charge in [-0.2, -0.15) is 0 Å². The average molecular weight is 214 g/mol. The normalized spacial score (nSPS) is 8.73. The van der Waals surface area contributed by atoms with Gasteiger partial charge < -0.3 is 9.47 Å². The van der Waals surface area contributed by atoms with Crippen LogP contribution in [0.2, 0.25) is 0 Å². The third kappa shape index (κ3) is 15.2. The van der Waals surface area contributed by atoms with Crippen LogP contribution >= 0.6 is 0 Å². The lowest BCUT2D eigenvalue weighted by Gasteiger charge is -1.95. The number of esters is 2. The van der Waals surface area contributed by atoms with E-state index < -0.39 is 11.9 Å². The molecule has 0 saturated carbocycles. The monoisotopic (exact) mass is 214 g/mol. The van der Waals surface area contributed by atoms with Gasteiger partial charge in [0.2, 0.25) is 0 Å². The summed E-state index contributed by atoms with van der Waals surface area (Å²) < 4.78 is 9.07. The molecule has 0 bridgehead atoms. The Morgan fingerprint density at radius 2 is 1.33 bits per heavy atom. The van der Waals surface area contributed by atoms with Gasteiger partial charge in [-0.15, -0.1) is 6.58 Å². The van der Waals surface area contributed by atoms with Crippen LogP contribution in [-0.4, -0.2) is 25.2 Å². The van der Waals surface area contributed by atoms with Gasteiger partial charge in [-0.1, -0.05) is 6.08 Å². The number of hydrogen-bond acceptors (Lipinski definition) is 4. The van der Waals surface area contributed by atoms with Gasteiger partial charge in [0, 0.05) is 12.2 Å². The van der Waals surface area contributed by atoms with E-state index in [1.807, 2.05) is 6.92 Å². The molecule has 4 heteroatoms. The molecular formula is C11H18O4. The van der Waals surface area contributed by atoms with Crippen molar-refractivity contribution in [1.29, 1.82) is 0 Å². The number of ether oxygens (including phenoxy) is 2. The SMILES string of the molecule is C=CC.CCOC(=O)/C=C/C(=O)OCC. The molecule has 0 aliphatic rings. The Balaban J connectivity index is 0. The molecule has 4 nitrogen and oxygen atoms in total. The van der Waals surface area contributed by atoms with Crippen molar-refractivity contribution in [3.05, 3.63) is 24.8 Å². The molecule has 0 aromatic rings. The van der Waals surface area contributed by atoms with Gasteiger partial charge in [-0.25, -0.2) is 9.59 Å². The molecule has 0 atom stereocenters. The fourth-order valence-electron chi connectivity index (χ4n) is 0.517. The van der Waals surface area contributed by atoms with E-state index in [0.717, 1.165) is 12.2 Å². The number of carbonyl (C=O) groups is 2. The predicted octanol–water partition coefficient (Wildman–Crippen LogP) is 1.86. The van der Waals surface area contributed by atoms with Crippen LogP contribution < -0.4 is 0 Å². The zero-order valence-electron chi connectivity index (χ0n) is 9.49. The van der Waals surface area contributed by atoms with Crippen LogP contribution in [0, 0.1) is 0 Å². The fraction of sp³-hybridized carbons (Fsp3) is 0.455. The first-order chi connectivity index (χ1) is 7.12. The second kappa shape index (κ2) is 12.4. The van der Waals surface area contributed by atoms with E-state index >= 15 is 0 Å². The standard InChI is InChI=1S/C8H12O4.C3H6/c1-3-11-7(9)5-6-8(10)12-4-2;1-3-2/h5-6H,3-4H2,1-2H3;3H,1H2,2H3/b6-5+;. The molecule has 0 aliphatic heterocycles. The van der Waals surface area contributed by atoms with Crippen molar-refractivity contribution in [3.63, 3.8) is 0 Å². The summed E-state index contributed by atoms with van der Waals surface area (Å²) in [6, 6.07) is 0. The third-order valence-corrected chi connectivity index (χ3v) is 0.929. The Morgan fingerprint density at radius 1 is 1.07 bits per heavy atom. The molecule has 0 aromatic heterocycles. The third-order valence-electron chi connectivity index (χ3n) is 0.929. The molecule has 0 heterocycles. The van der Waals surface area contributed by atoms with Crippen LogP contribution in [0.15, 0.2) is 24.8 Å². The molecule has 0 rings (SSSR count). The molecule has 0 fully saturated rings. The molecular weight excluding hydrogens is 196 g/mol. The highest BCUT2D eigenvalue weighted by Gasteiger charge is 1.97. The zero-order chi connectivity index (χ0) is 12.1. The predicted molar refractivity (Wildman–Crippen MR) is 58.3 cm³/mol. The number of hydrogen-bond donors (Lipinski definition) is 0. The van der Waals surface area contributed by atoms with E-state index in [2.05, 4.69) is 16.1 Å². The molecule has 0 N–H and O–H groups in total. The minimum absolute atomic E-state index is 0.298. The molecule has 86 valence electrons. The first-order valence-electron chi connectivity index (χ1n) is 4.70. The largest absolute Gasteiger partial charge is 0.463 e. The molecule has 0 radical (unpaired) electrons. The summed E-state index contributed by atoms with van der Waals surface area (Å²) in [6.07, 6.45) is 3.84. The lowest BCUT2D eigenvalue weighted by Crippen LogP contribution is -2.03.